The molecule has 3 aromatic heterocycles. The van der Waals surface area contributed by atoms with Gasteiger partial charge in [0.1, 0.15) is 23.6 Å². The Kier molecular flexibility index (Phi) is 6.88. The summed E-state index contributed by atoms with van der Waals surface area (Å²) < 4.78 is 55.8. The van der Waals surface area contributed by atoms with Gasteiger partial charge in [0.25, 0.3) is 0 Å². The zero-order chi connectivity index (χ0) is 26.3. The number of anilines is 1. The summed E-state index contributed by atoms with van der Waals surface area (Å²) in [6.45, 7) is 3.40. The second-order valence-corrected chi connectivity index (χ2v) is 9.97. The van der Waals surface area contributed by atoms with Crippen molar-refractivity contribution in [3.8, 4) is 0 Å². The van der Waals surface area contributed by atoms with Gasteiger partial charge in [-0.1, -0.05) is 0 Å². The molecule has 1 saturated heterocycles. The first-order valence-electron chi connectivity index (χ1n) is 12.3. The van der Waals surface area contributed by atoms with Gasteiger partial charge >= 0.3 is 6.18 Å². The normalized spacial score (nSPS) is 20.9. The third-order valence-electron chi connectivity index (χ3n) is 7.01. The van der Waals surface area contributed by atoms with Crippen molar-refractivity contribution in [1.82, 2.24) is 24.4 Å². The molecular formula is C25H28F4N6O2. The molecule has 0 bridgehead atoms. The van der Waals surface area contributed by atoms with Gasteiger partial charge in [-0.25, -0.2) is 14.4 Å². The highest BCUT2D eigenvalue weighted by Gasteiger charge is 2.35. The smallest absolute Gasteiger partial charge is 0.391 e. The Bertz CT molecular complexity index is 1270. The highest BCUT2D eigenvalue weighted by Crippen LogP contribution is 2.37. The van der Waals surface area contributed by atoms with E-state index in [9.17, 15) is 23.1 Å². The molecule has 1 saturated carbocycles. The molecule has 12 heteroatoms. The molecule has 0 spiro atoms. The van der Waals surface area contributed by atoms with Gasteiger partial charge in [0.2, 0.25) is 0 Å². The topological polar surface area (TPSA) is 87.4 Å². The number of carbonyl (C=O) groups excluding carboxylic acids is 1. The van der Waals surface area contributed by atoms with Gasteiger partial charge in [-0.3, -0.25) is 14.7 Å². The Morgan fingerprint density at radius 3 is 2.59 bits per heavy atom. The Hall–Kier alpha value is -3.12. The molecule has 1 aliphatic heterocycles. The van der Waals surface area contributed by atoms with Crippen molar-refractivity contribution in [1.29, 1.82) is 0 Å². The molecule has 1 N–H and O–H groups in total. The van der Waals surface area contributed by atoms with Gasteiger partial charge < -0.3 is 14.6 Å². The van der Waals surface area contributed by atoms with E-state index < -0.39 is 23.7 Å². The number of nitrogens with zero attached hydrogens (tertiary/aromatic N) is 6. The molecule has 1 unspecified atom stereocenters. The number of β-amino-alcohol motifs (C(OH)–C–C–N with tert-alkyl or cyclic N) is 1. The lowest BCUT2D eigenvalue weighted by molar-refractivity contribution is -0.137. The van der Waals surface area contributed by atoms with E-state index in [-0.39, 0.29) is 29.7 Å². The summed E-state index contributed by atoms with van der Waals surface area (Å²) >= 11 is 0. The number of piperidine rings is 1. The number of rotatable bonds is 8. The fourth-order valence-electron chi connectivity index (χ4n) is 5.01. The number of fused-ring (bicyclic) bond motifs is 1. The minimum Gasteiger partial charge on any atom is -0.391 e. The number of ketones is 1. The number of carbonyl (C=O) groups is 1. The molecule has 2 fully saturated rings. The first-order valence-corrected chi connectivity index (χ1v) is 12.3. The molecule has 5 rings (SSSR count). The van der Waals surface area contributed by atoms with Crippen LogP contribution in [-0.2, 0) is 24.1 Å². The first kappa shape index (κ1) is 25.5. The second-order valence-electron chi connectivity index (χ2n) is 9.97. The lowest BCUT2D eigenvalue weighted by Gasteiger charge is -2.35. The SMILES string of the molecule is CC(=O)CN1CCC(Cn2cc(F)c3c(N(Cc4ccc(C(F)(F)F)cn4)C4CC4)ncnc32)[C@@H](O)C1. The van der Waals surface area contributed by atoms with Crippen molar-refractivity contribution in [2.24, 2.45) is 5.92 Å². The van der Waals surface area contributed by atoms with Crippen LogP contribution in [0.2, 0.25) is 0 Å². The highest BCUT2D eigenvalue weighted by molar-refractivity contribution is 5.89. The molecule has 0 radical (unpaired) electrons. The van der Waals surface area contributed by atoms with Crippen molar-refractivity contribution >= 4 is 22.6 Å². The number of Topliss-reactive ketones (excluding diaryl/α,β-unsaturated/α-hetero) is 1. The van der Waals surface area contributed by atoms with Crippen LogP contribution in [0.25, 0.3) is 11.0 Å². The summed E-state index contributed by atoms with van der Waals surface area (Å²) in [7, 11) is 0. The number of halogens is 4. The van der Waals surface area contributed by atoms with E-state index in [1.54, 1.807) is 4.57 Å². The third kappa shape index (κ3) is 5.59. The van der Waals surface area contributed by atoms with Gasteiger partial charge in [-0.2, -0.15) is 13.2 Å². The number of aromatic nitrogens is 4. The van der Waals surface area contributed by atoms with Crippen LogP contribution in [0, 0.1) is 11.7 Å². The van der Waals surface area contributed by atoms with Crippen LogP contribution in [-0.4, -0.2) is 67.1 Å². The fraction of sp³-hybridized carbons (Fsp3) is 0.520. The molecule has 2 aliphatic rings. The number of pyridine rings is 1. The quantitative estimate of drug-likeness (QED) is 0.456. The molecule has 8 nitrogen and oxygen atoms in total. The molecule has 2 atom stereocenters. The van der Waals surface area contributed by atoms with Crippen molar-refractivity contribution in [2.45, 2.75) is 57.6 Å². The number of hydrogen-bond donors (Lipinski definition) is 1. The minimum atomic E-state index is -4.47. The van der Waals surface area contributed by atoms with E-state index in [0.29, 0.717) is 49.8 Å². The number of aliphatic hydroxyl groups is 1. The fourth-order valence-corrected chi connectivity index (χ4v) is 5.01. The highest BCUT2D eigenvalue weighted by atomic mass is 19.4. The van der Waals surface area contributed by atoms with Crippen LogP contribution in [0.15, 0.2) is 30.9 Å². The van der Waals surface area contributed by atoms with Crippen LogP contribution in [0.5, 0.6) is 0 Å². The molecular weight excluding hydrogens is 492 g/mol. The number of alkyl halides is 3. The maximum absolute atomic E-state index is 15.3. The van der Waals surface area contributed by atoms with E-state index in [4.69, 9.17) is 0 Å². The van der Waals surface area contributed by atoms with Crippen molar-refractivity contribution in [3.63, 3.8) is 0 Å². The van der Waals surface area contributed by atoms with Gasteiger partial charge in [0.15, 0.2) is 5.82 Å². The summed E-state index contributed by atoms with van der Waals surface area (Å²) in [5, 5.41) is 10.9. The average molecular weight is 521 g/mol. The number of hydrogen-bond acceptors (Lipinski definition) is 7. The Morgan fingerprint density at radius 2 is 1.97 bits per heavy atom. The Morgan fingerprint density at radius 1 is 1.19 bits per heavy atom. The van der Waals surface area contributed by atoms with Gasteiger partial charge in [0, 0.05) is 37.4 Å². The van der Waals surface area contributed by atoms with Crippen molar-refractivity contribution < 1.29 is 27.5 Å². The zero-order valence-corrected chi connectivity index (χ0v) is 20.3. The van der Waals surface area contributed by atoms with E-state index >= 15 is 4.39 Å². The van der Waals surface area contributed by atoms with E-state index in [0.717, 1.165) is 25.1 Å². The number of likely N-dealkylation sites (tertiary alicyclic amines) is 1. The van der Waals surface area contributed by atoms with Crippen molar-refractivity contribution in [3.05, 3.63) is 47.9 Å². The third-order valence-corrected chi connectivity index (χ3v) is 7.01. The number of aliphatic hydroxyl groups excluding tert-OH is 1. The summed E-state index contributed by atoms with van der Waals surface area (Å²) in [4.78, 5) is 27.9. The van der Waals surface area contributed by atoms with Gasteiger partial charge in [-0.05, 0) is 44.9 Å². The molecule has 198 valence electrons. The monoisotopic (exact) mass is 520 g/mol. The Balaban J connectivity index is 1.38. The molecule has 0 amide bonds. The summed E-state index contributed by atoms with van der Waals surface area (Å²) in [5.41, 5.74) is -0.00470. The molecule has 1 aliphatic carbocycles. The predicted molar refractivity (Wildman–Crippen MR) is 127 cm³/mol. The molecule has 3 aromatic rings. The summed E-state index contributed by atoms with van der Waals surface area (Å²) in [6.07, 6.45) is 0.766. The lowest BCUT2D eigenvalue weighted by Crippen LogP contribution is -2.46. The predicted octanol–water partition coefficient (Wildman–Crippen LogP) is 3.43. The van der Waals surface area contributed by atoms with Crippen LogP contribution in [0.4, 0.5) is 23.4 Å². The van der Waals surface area contributed by atoms with Gasteiger partial charge in [-0.15, -0.1) is 0 Å². The van der Waals surface area contributed by atoms with E-state index in [2.05, 4.69) is 15.0 Å². The van der Waals surface area contributed by atoms with Crippen LogP contribution >= 0.6 is 0 Å². The lowest BCUT2D eigenvalue weighted by atomic mass is 9.93. The summed E-state index contributed by atoms with van der Waals surface area (Å²) in [5.74, 6) is -0.213. The maximum Gasteiger partial charge on any atom is 0.417 e. The van der Waals surface area contributed by atoms with Crippen LogP contribution in [0.1, 0.15) is 37.4 Å². The molecule has 37 heavy (non-hydrogen) atoms. The Labute approximate surface area is 210 Å². The van der Waals surface area contributed by atoms with E-state index in [1.807, 2.05) is 9.80 Å². The first-order chi connectivity index (χ1) is 17.6. The van der Waals surface area contributed by atoms with Crippen LogP contribution < -0.4 is 4.90 Å². The average Bonchev–Trinajstić information content (AvgIpc) is 3.63. The molecule has 0 aromatic carbocycles. The maximum atomic E-state index is 15.3. The molecule has 4 heterocycles. The minimum absolute atomic E-state index is 0.0417. The summed E-state index contributed by atoms with van der Waals surface area (Å²) in [6, 6.07) is 2.41. The van der Waals surface area contributed by atoms with E-state index in [1.165, 1.54) is 25.5 Å². The van der Waals surface area contributed by atoms with Crippen LogP contribution in [0.3, 0.4) is 0 Å². The largest absolute Gasteiger partial charge is 0.417 e. The van der Waals surface area contributed by atoms with Gasteiger partial charge in [0.05, 0.1) is 35.8 Å². The zero-order valence-electron chi connectivity index (χ0n) is 20.3. The van der Waals surface area contributed by atoms with Crippen molar-refractivity contribution in [2.75, 3.05) is 24.5 Å². The standard InChI is InChI=1S/C25H28F4N6O2/c1-15(36)9-33-7-6-16(21(37)13-33)10-34-12-20(26)22-23(34)31-14-32-24(22)35(19-4-5-19)11-18-3-2-17(8-30-18)25(27,28)29/h2-3,8,12,14,16,19,21,37H,4-7,9-11,13H2,1H3/t16?,21-/m0/s1. The second kappa shape index (κ2) is 9.97.